The predicted molar refractivity (Wildman–Crippen MR) is 121 cm³/mol. The van der Waals surface area contributed by atoms with Gasteiger partial charge in [-0.3, -0.25) is 9.69 Å². The molecule has 0 radical (unpaired) electrons. The van der Waals surface area contributed by atoms with Crippen LogP contribution in [0.3, 0.4) is 0 Å². The van der Waals surface area contributed by atoms with Gasteiger partial charge < -0.3 is 19.3 Å². The van der Waals surface area contributed by atoms with Crippen LogP contribution in [0.1, 0.15) is 29.1 Å². The third-order valence-corrected chi connectivity index (χ3v) is 5.60. The molecule has 1 aliphatic rings. The van der Waals surface area contributed by atoms with Crippen LogP contribution in [-0.4, -0.2) is 54.2 Å². The van der Waals surface area contributed by atoms with Gasteiger partial charge in [0.1, 0.15) is 5.75 Å². The Balaban J connectivity index is 1.35. The summed E-state index contributed by atoms with van der Waals surface area (Å²) in [5.41, 5.74) is 1.81. The minimum Gasteiger partial charge on any atom is -0.497 e. The maximum Gasteiger partial charge on any atom is 0.337 e. The van der Waals surface area contributed by atoms with Gasteiger partial charge in [-0.1, -0.05) is 11.2 Å². The first-order valence-corrected chi connectivity index (χ1v) is 10.7. The van der Waals surface area contributed by atoms with Crippen LogP contribution in [0, 0.1) is 5.92 Å². The molecule has 1 atom stereocenters. The Morgan fingerprint density at radius 3 is 2.76 bits per heavy atom. The molecule has 1 aliphatic heterocycles. The third-order valence-electron chi connectivity index (χ3n) is 5.60. The van der Waals surface area contributed by atoms with E-state index in [1.807, 2.05) is 24.3 Å². The summed E-state index contributed by atoms with van der Waals surface area (Å²) in [5.74, 6) is 1.09. The van der Waals surface area contributed by atoms with Gasteiger partial charge in [-0.05, 0) is 61.9 Å². The van der Waals surface area contributed by atoms with Gasteiger partial charge in [0.25, 0.3) is 0 Å². The molecule has 2 heterocycles. The summed E-state index contributed by atoms with van der Waals surface area (Å²) in [5, 5.41) is 6.99. The zero-order valence-corrected chi connectivity index (χ0v) is 18.6. The minimum absolute atomic E-state index is 0.0776. The van der Waals surface area contributed by atoms with Crippen molar-refractivity contribution < 1.29 is 23.6 Å². The lowest BCUT2D eigenvalue weighted by Gasteiger charge is -2.30. The van der Waals surface area contributed by atoms with Gasteiger partial charge in [0, 0.05) is 17.8 Å². The van der Waals surface area contributed by atoms with E-state index in [-0.39, 0.29) is 11.8 Å². The van der Waals surface area contributed by atoms with Crippen LogP contribution in [0.2, 0.25) is 0 Å². The molecule has 3 aromatic rings. The second kappa shape index (κ2) is 10.3. The van der Waals surface area contributed by atoms with Gasteiger partial charge in [0.15, 0.2) is 0 Å². The molecule has 172 valence electrons. The Kier molecular flexibility index (Phi) is 6.99. The Hall–Kier alpha value is -3.72. The molecule has 1 unspecified atom stereocenters. The highest BCUT2D eigenvalue weighted by molar-refractivity contribution is 5.95. The average molecular weight is 450 g/mol. The number of likely N-dealkylation sites (tertiary alicyclic amines) is 1. The minimum atomic E-state index is -0.441. The first-order valence-electron chi connectivity index (χ1n) is 10.7. The molecular formula is C24H26N4O5. The fraction of sp³-hybridized carbons (Fsp3) is 0.333. The first kappa shape index (κ1) is 22.5. The SMILES string of the molecule is COC(=O)c1cccc(NC(=O)C2CCCN(Cc3nc(-c4ccc(OC)cc4)no3)C2)c1. The zero-order valence-electron chi connectivity index (χ0n) is 18.6. The second-order valence-corrected chi connectivity index (χ2v) is 7.88. The Morgan fingerprint density at radius 1 is 1.18 bits per heavy atom. The van der Waals surface area contributed by atoms with E-state index >= 15 is 0 Å². The quantitative estimate of drug-likeness (QED) is 0.546. The number of aromatic nitrogens is 2. The molecule has 0 spiro atoms. The maximum atomic E-state index is 12.8. The summed E-state index contributed by atoms with van der Waals surface area (Å²) in [6.07, 6.45) is 1.68. The van der Waals surface area contributed by atoms with E-state index in [0.717, 1.165) is 30.7 Å². The number of piperidine rings is 1. The number of carbonyl (C=O) groups is 2. The fourth-order valence-electron chi connectivity index (χ4n) is 3.87. The van der Waals surface area contributed by atoms with Gasteiger partial charge in [-0.25, -0.2) is 4.79 Å². The van der Waals surface area contributed by atoms with Gasteiger partial charge in [-0.15, -0.1) is 0 Å². The average Bonchev–Trinajstić information content (AvgIpc) is 3.32. The van der Waals surface area contributed by atoms with Crippen LogP contribution in [0.25, 0.3) is 11.4 Å². The predicted octanol–water partition coefficient (Wildman–Crippen LogP) is 3.38. The number of rotatable bonds is 7. The topological polar surface area (TPSA) is 107 Å². The second-order valence-electron chi connectivity index (χ2n) is 7.88. The summed E-state index contributed by atoms with van der Waals surface area (Å²) >= 11 is 0. The van der Waals surface area contributed by atoms with Crippen molar-refractivity contribution in [3.8, 4) is 17.1 Å². The van der Waals surface area contributed by atoms with Crippen LogP contribution in [0.15, 0.2) is 53.1 Å². The third kappa shape index (κ3) is 5.56. The first-order chi connectivity index (χ1) is 16.1. The van der Waals surface area contributed by atoms with E-state index in [1.165, 1.54) is 7.11 Å². The molecular weight excluding hydrogens is 424 g/mol. The van der Waals surface area contributed by atoms with E-state index in [2.05, 4.69) is 20.4 Å². The van der Waals surface area contributed by atoms with E-state index in [4.69, 9.17) is 14.0 Å². The van der Waals surface area contributed by atoms with Crippen LogP contribution >= 0.6 is 0 Å². The van der Waals surface area contributed by atoms with Crippen molar-refractivity contribution in [1.29, 1.82) is 0 Å². The number of nitrogens with zero attached hydrogens (tertiary/aromatic N) is 3. The zero-order chi connectivity index (χ0) is 23.2. The monoisotopic (exact) mass is 450 g/mol. The summed E-state index contributed by atoms with van der Waals surface area (Å²) in [4.78, 5) is 31.2. The number of hydrogen-bond acceptors (Lipinski definition) is 8. The van der Waals surface area contributed by atoms with E-state index < -0.39 is 5.97 Å². The molecule has 33 heavy (non-hydrogen) atoms. The largest absolute Gasteiger partial charge is 0.497 e. The molecule has 9 heteroatoms. The number of amides is 1. The molecule has 2 aromatic carbocycles. The summed E-state index contributed by atoms with van der Waals surface area (Å²) in [7, 11) is 2.95. The van der Waals surface area contributed by atoms with Crippen molar-refractivity contribution in [1.82, 2.24) is 15.0 Å². The number of esters is 1. The number of carbonyl (C=O) groups excluding carboxylic acids is 2. The van der Waals surface area contributed by atoms with E-state index in [1.54, 1.807) is 31.4 Å². The lowest BCUT2D eigenvalue weighted by molar-refractivity contribution is -0.121. The molecule has 9 nitrogen and oxygen atoms in total. The molecule has 0 bridgehead atoms. The van der Waals surface area contributed by atoms with Gasteiger partial charge in [-0.2, -0.15) is 4.98 Å². The lowest BCUT2D eigenvalue weighted by Crippen LogP contribution is -2.40. The molecule has 0 aliphatic carbocycles. The van der Waals surface area contributed by atoms with Crippen LogP contribution in [-0.2, 0) is 16.1 Å². The highest BCUT2D eigenvalue weighted by Gasteiger charge is 2.27. The number of nitrogens with one attached hydrogen (secondary N) is 1. The smallest absolute Gasteiger partial charge is 0.337 e. The van der Waals surface area contributed by atoms with E-state index in [0.29, 0.717) is 36.1 Å². The number of methoxy groups -OCH3 is 2. The van der Waals surface area contributed by atoms with Crippen LogP contribution < -0.4 is 10.1 Å². The lowest BCUT2D eigenvalue weighted by atomic mass is 9.97. The molecule has 1 N–H and O–H groups in total. The number of benzene rings is 2. The Bertz CT molecular complexity index is 1110. The van der Waals surface area contributed by atoms with Crippen molar-refractivity contribution in [3.05, 3.63) is 60.0 Å². The number of anilines is 1. The maximum absolute atomic E-state index is 12.8. The van der Waals surface area contributed by atoms with Crippen molar-refractivity contribution in [2.75, 3.05) is 32.6 Å². The fourth-order valence-corrected chi connectivity index (χ4v) is 3.87. The molecule has 1 fully saturated rings. The van der Waals surface area contributed by atoms with E-state index in [9.17, 15) is 9.59 Å². The summed E-state index contributed by atoms with van der Waals surface area (Å²) in [6, 6.07) is 14.2. The highest BCUT2D eigenvalue weighted by atomic mass is 16.5. The molecule has 0 saturated carbocycles. The molecule has 1 amide bonds. The van der Waals surface area contributed by atoms with Crippen molar-refractivity contribution in [2.24, 2.45) is 5.92 Å². The number of ether oxygens (including phenoxy) is 2. The van der Waals surface area contributed by atoms with Crippen molar-refractivity contribution in [2.45, 2.75) is 19.4 Å². The standard InChI is InChI=1S/C24H26N4O5/c1-31-20-10-8-16(9-11-20)22-26-21(33-27-22)15-28-12-4-6-18(14-28)23(29)25-19-7-3-5-17(13-19)24(30)32-2/h3,5,7-11,13,18H,4,6,12,14-15H2,1-2H3,(H,25,29). The normalized spacial score (nSPS) is 16.2. The summed E-state index contributed by atoms with van der Waals surface area (Å²) < 4.78 is 15.4. The van der Waals surface area contributed by atoms with Gasteiger partial charge in [0.2, 0.25) is 17.6 Å². The van der Waals surface area contributed by atoms with Crippen LogP contribution in [0.4, 0.5) is 5.69 Å². The molecule has 1 aromatic heterocycles. The molecule has 4 rings (SSSR count). The van der Waals surface area contributed by atoms with Crippen LogP contribution in [0.5, 0.6) is 5.75 Å². The van der Waals surface area contributed by atoms with Gasteiger partial charge in [0.05, 0.1) is 32.2 Å². The van der Waals surface area contributed by atoms with Gasteiger partial charge >= 0.3 is 5.97 Å². The van der Waals surface area contributed by atoms with Crippen molar-refractivity contribution >= 4 is 17.6 Å². The highest BCUT2D eigenvalue weighted by Crippen LogP contribution is 2.23. The summed E-state index contributed by atoms with van der Waals surface area (Å²) in [6.45, 7) is 1.91. The Morgan fingerprint density at radius 2 is 2.00 bits per heavy atom. The molecule has 1 saturated heterocycles. The number of hydrogen-bond donors (Lipinski definition) is 1. The van der Waals surface area contributed by atoms with Crippen molar-refractivity contribution in [3.63, 3.8) is 0 Å². The Labute approximate surface area is 191 Å².